The Labute approximate surface area is 139 Å². The molecule has 1 aromatic carbocycles. The molecule has 106 valence electrons. The van der Waals surface area contributed by atoms with Crippen LogP contribution in [-0.4, -0.2) is 19.8 Å². The minimum absolute atomic E-state index is 0.273. The molecule has 0 aromatic heterocycles. The highest BCUT2D eigenvalue weighted by atomic mass is 79.9. The van der Waals surface area contributed by atoms with E-state index < -0.39 is 10.0 Å². The van der Waals surface area contributed by atoms with Crippen molar-refractivity contribution >= 4 is 57.8 Å². The lowest BCUT2D eigenvalue weighted by atomic mass is 10.1. The Balaban J connectivity index is 2.08. The van der Waals surface area contributed by atoms with Crippen molar-refractivity contribution in [2.45, 2.75) is 29.0 Å². The molecular weight excluding hydrogens is 462 g/mol. The number of hydrogen-bond donors (Lipinski definition) is 1. The van der Waals surface area contributed by atoms with Crippen LogP contribution >= 0.6 is 47.8 Å². The monoisotopic (exact) mass is 473 g/mol. The zero-order valence-electron chi connectivity index (χ0n) is 10.1. The topological polar surface area (TPSA) is 46.2 Å². The fourth-order valence-electron chi connectivity index (χ4n) is 2.19. The molecule has 0 bridgehead atoms. The van der Waals surface area contributed by atoms with Gasteiger partial charge in [0.1, 0.15) is 0 Å². The van der Waals surface area contributed by atoms with Crippen LogP contribution in [0.3, 0.4) is 0 Å². The Hall–Kier alpha value is 0.570. The van der Waals surface area contributed by atoms with E-state index in [1.807, 2.05) is 0 Å². The normalized spacial score (nSPS) is 23.7. The lowest BCUT2D eigenvalue weighted by molar-refractivity contribution is 0.520. The van der Waals surface area contributed by atoms with Crippen LogP contribution < -0.4 is 4.72 Å². The summed E-state index contributed by atoms with van der Waals surface area (Å²) in [6, 6.07) is 5.13. The SMILES string of the molecule is O=S(=O)(NCC1CCC(Br)C1)c1cc(Br)ccc1Br. The maximum atomic E-state index is 12.3. The summed E-state index contributed by atoms with van der Waals surface area (Å²) >= 11 is 10.2. The quantitative estimate of drug-likeness (QED) is 0.668. The number of nitrogens with one attached hydrogen (secondary N) is 1. The molecule has 1 aliphatic carbocycles. The fraction of sp³-hybridized carbons (Fsp3) is 0.500. The van der Waals surface area contributed by atoms with Gasteiger partial charge in [-0.2, -0.15) is 0 Å². The molecule has 2 rings (SSSR count). The van der Waals surface area contributed by atoms with Gasteiger partial charge in [0.05, 0.1) is 4.90 Å². The van der Waals surface area contributed by atoms with Gasteiger partial charge in [0, 0.05) is 20.3 Å². The highest BCUT2D eigenvalue weighted by Crippen LogP contribution is 2.31. The molecule has 0 spiro atoms. The van der Waals surface area contributed by atoms with Crippen molar-refractivity contribution in [2.75, 3.05) is 6.54 Å². The van der Waals surface area contributed by atoms with Gasteiger partial charge in [-0.15, -0.1) is 0 Å². The zero-order valence-corrected chi connectivity index (χ0v) is 15.6. The van der Waals surface area contributed by atoms with Gasteiger partial charge in [-0.1, -0.05) is 31.9 Å². The molecule has 0 amide bonds. The molecule has 7 heteroatoms. The summed E-state index contributed by atoms with van der Waals surface area (Å²) < 4.78 is 28.6. The molecule has 1 N–H and O–H groups in total. The smallest absolute Gasteiger partial charge is 0.211 e. The van der Waals surface area contributed by atoms with Crippen molar-refractivity contribution in [1.29, 1.82) is 0 Å². The molecule has 0 radical (unpaired) electrons. The lowest BCUT2D eigenvalue weighted by Gasteiger charge is -2.12. The molecule has 1 saturated carbocycles. The summed E-state index contributed by atoms with van der Waals surface area (Å²) in [6.45, 7) is 0.503. The summed E-state index contributed by atoms with van der Waals surface area (Å²) in [4.78, 5) is 0.801. The van der Waals surface area contributed by atoms with Crippen LogP contribution in [-0.2, 0) is 10.0 Å². The maximum Gasteiger partial charge on any atom is 0.241 e. The number of benzene rings is 1. The van der Waals surface area contributed by atoms with E-state index in [1.165, 1.54) is 0 Å². The third-order valence-corrected chi connectivity index (χ3v) is 6.96. The predicted molar refractivity (Wildman–Crippen MR) is 87.1 cm³/mol. The molecule has 1 aliphatic rings. The van der Waals surface area contributed by atoms with Gasteiger partial charge < -0.3 is 0 Å². The number of hydrogen-bond acceptors (Lipinski definition) is 2. The van der Waals surface area contributed by atoms with Gasteiger partial charge in [-0.3, -0.25) is 0 Å². The van der Waals surface area contributed by atoms with E-state index in [-0.39, 0.29) is 4.90 Å². The summed E-state index contributed by atoms with van der Waals surface area (Å²) in [5.41, 5.74) is 0. The summed E-state index contributed by atoms with van der Waals surface area (Å²) in [5.74, 6) is 0.421. The van der Waals surface area contributed by atoms with Gasteiger partial charge >= 0.3 is 0 Å². The fourth-order valence-corrected chi connectivity index (χ4v) is 5.60. The summed E-state index contributed by atoms with van der Waals surface area (Å²) in [6.07, 6.45) is 3.22. The van der Waals surface area contributed by atoms with Crippen molar-refractivity contribution < 1.29 is 8.42 Å². The first-order valence-electron chi connectivity index (χ1n) is 5.97. The Kier molecular flexibility index (Phi) is 5.50. The van der Waals surface area contributed by atoms with E-state index in [2.05, 4.69) is 52.5 Å². The van der Waals surface area contributed by atoms with E-state index in [0.29, 0.717) is 21.8 Å². The van der Waals surface area contributed by atoms with E-state index in [9.17, 15) is 8.42 Å². The maximum absolute atomic E-state index is 12.3. The van der Waals surface area contributed by atoms with Gasteiger partial charge in [0.15, 0.2) is 0 Å². The highest BCUT2D eigenvalue weighted by Gasteiger charge is 2.25. The van der Waals surface area contributed by atoms with Gasteiger partial charge in [-0.05, 0) is 59.3 Å². The summed E-state index contributed by atoms with van der Waals surface area (Å²) in [7, 11) is -3.46. The molecule has 1 fully saturated rings. The number of alkyl halides is 1. The second-order valence-electron chi connectivity index (χ2n) is 4.70. The van der Waals surface area contributed by atoms with Crippen molar-refractivity contribution in [1.82, 2.24) is 4.72 Å². The second-order valence-corrected chi connectivity index (χ2v) is 9.50. The second kappa shape index (κ2) is 6.56. The first-order chi connectivity index (χ1) is 8.88. The molecule has 0 heterocycles. The van der Waals surface area contributed by atoms with Crippen LogP contribution in [0.1, 0.15) is 19.3 Å². The number of halogens is 3. The number of rotatable bonds is 4. The molecule has 3 nitrogen and oxygen atoms in total. The molecule has 1 aromatic rings. The Bertz CT molecular complexity index is 562. The first-order valence-corrected chi connectivity index (χ1v) is 9.96. The molecular formula is C12H14Br3NO2S. The van der Waals surface area contributed by atoms with E-state index in [1.54, 1.807) is 18.2 Å². The summed E-state index contributed by atoms with van der Waals surface area (Å²) in [5, 5.41) is 0. The minimum Gasteiger partial charge on any atom is -0.211 e. The van der Waals surface area contributed by atoms with Crippen molar-refractivity contribution in [2.24, 2.45) is 5.92 Å². The van der Waals surface area contributed by atoms with E-state index in [4.69, 9.17) is 0 Å². The zero-order chi connectivity index (χ0) is 14.0. The Morgan fingerprint density at radius 3 is 2.63 bits per heavy atom. The van der Waals surface area contributed by atoms with Crippen molar-refractivity contribution in [3.8, 4) is 0 Å². The van der Waals surface area contributed by atoms with E-state index in [0.717, 1.165) is 23.7 Å². The molecule has 2 atom stereocenters. The first kappa shape index (κ1) is 15.9. The predicted octanol–water partition coefficient (Wildman–Crippen LogP) is 4.05. The van der Waals surface area contributed by atoms with Crippen molar-refractivity contribution in [3.63, 3.8) is 0 Å². The third-order valence-electron chi connectivity index (χ3n) is 3.22. The average molecular weight is 476 g/mol. The highest BCUT2D eigenvalue weighted by molar-refractivity contribution is 9.11. The van der Waals surface area contributed by atoms with E-state index >= 15 is 0 Å². The average Bonchev–Trinajstić information content (AvgIpc) is 2.76. The van der Waals surface area contributed by atoms with Gasteiger partial charge in [0.25, 0.3) is 0 Å². The minimum atomic E-state index is -3.46. The molecule has 0 aliphatic heterocycles. The molecule has 0 saturated heterocycles. The Morgan fingerprint density at radius 1 is 1.26 bits per heavy atom. The lowest BCUT2D eigenvalue weighted by Crippen LogP contribution is -2.29. The Morgan fingerprint density at radius 2 is 2.00 bits per heavy atom. The standard InChI is InChI=1S/C12H14Br3NO2S/c13-9-2-1-8(5-9)7-16-19(17,18)12-6-10(14)3-4-11(12)15/h3-4,6,8-9,16H,1-2,5,7H2. The van der Waals surface area contributed by atoms with Crippen LogP contribution in [0.4, 0.5) is 0 Å². The number of sulfonamides is 1. The third kappa shape index (κ3) is 4.27. The van der Waals surface area contributed by atoms with Crippen molar-refractivity contribution in [3.05, 3.63) is 27.1 Å². The van der Waals surface area contributed by atoms with Gasteiger partial charge in [0.2, 0.25) is 10.0 Å². The molecule has 2 unspecified atom stereocenters. The van der Waals surface area contributed by atoms with Crippen LogP contribution in [0.15, 0.2) is 32.0 Å². The van der Waals surface area contributed by atoms with Crippen LogP contribution in [0.25, 0.3) is 0 Å². The van der Waals surface area contributed by atoms with Gasteiger partial charge in [-0.25, -0.2) is 13.1 Å². The van der Waals surface area contributed by atoms with Crippen LogP contribution in [0.5, 0.6) is 0 Å². The molecule has 19 heavy (non-hydrogen) atoms. The van der Waals surface area contributed by atoms with Crippen LogP contribution in [0.2, 0.25) is 0 Å². The van der Waals surface area contributed by atoms with Crippen LogP contribution in [0, 0.1) is 5.92 Å². The largest absolute Gasteiger partial charge is 0.241 e.